The second-order valence-electron chi connectivity index (χ2n) is 5.75. The highest BCUT2D eigenvalue weighted by Gasteiger charge is 2.11. The monoisotopic (exact) mass is 516 g/mol. The van der Waals surface area contributed by atoms with Crippen LogP contribution in [-0.2, 0) is 11.3 Å². The Balaban J connectivity index is 0.00000676. The number of hydrogen-bond acceptors (Lipinski definition) is 3. The van der Waals surface area contributed by atoms with E-state index in [0.717, 1.165) is 5.57 Å². The molecule has 10 heteroatoms. The molecule has 0 aliphatic rings. The third-order valence-electron chi connectivity index (χ3n) is 3.11. The molecule has 27 heavy (non-hydrogen) atoms. The van der Waals surface area contributed by atoms with Crippen LogP contribution >= 0.6 is 35.6 Å². The lowest BCUT2D eigenvalue weighted by molar-refractivity contribution is -0.127. The first kappa shape index (κ1) is 25.4. The lowest BCUT2D eigenvalue weighted by atomic mass is 10.2. The fourth-order valence-corrected chi connectivity index (χ4v) is 1.97. The number of likely N-dealkylation sites (N-methyl/N-ethyl adjacent to an activating group) is 1. The van der Waals surface area contributed by atoms with Crippen molar-refractivity contribution in [1.29, 1.82) is 0 Å². The molecule has 0 spiro atoms. The van der Waals surface area contributed by atoms with Crippen molar-refractivity contribution in [3.63, 3.8) is 0 Å². The molecule has 0 radical (unpaired) electrons. The Morgan fingerprint density at radius 3 is 2.52 bits per heavy atom. The molecule has 0 saturated carbocycles. The van der Waals surface area contributed by atoms with E-state index in [-0.39, 0.29) is 48.7 Å². The molecule has 1 rings (SSSR count). The molecule has 6 nitrogen and oxygen atoms in total. The molecule has 0 aromatic heterocycles. The number of amides is 1. The van der Waals surface area contributed by atoms with Crippen molar-refractivity contribution < 1.29 is 18.3 Å². The van der Waals surface area contributed by atoms with Crippen LogP contribution in [0, 0.1) is 0 Å². The van der Waals surface area contributed by atoms with Crippen molar-refractivity contribution in [3.8, 4) is 5.75 Å². The number of hydrogen-bond donors (Lipinski definition) is 2. The van der Waals surface area contributed by atoms with Gasteiger partial charge in [0.15, 0.2) is 5.96 Å². The fraction of sp³-hybridized carbons (Fsp3) is 0.412. The van der Waals surface area contributed by atoms with Crippen molar-refractivity contribution >= 4 is 47.4 Å². The first-order chi connectivity index (χ1) is 12.2. The number of aliphatic imine (C=N–C) groups is 1. The molecule has 0 heterocycles. The average Bonchev–Trinajstić information content (AvgIpc) is 2.55. The highest BCUT2D eigenvalue weighted by Crippen LogP contribution is 2.25. The predicted molar refractivity (Wildman–Crippen MR) is 114 cm³/mol. The van der Waals surface area contributed by atoms with Gasteiger partial charge >= 0.3 is 6.61 Å². The Bertz CT molecular complexity index is 672. The zero-order chi connectivity index (χ0) is 19.7. The summed E-state index contributed by atoms with van der Waals surface area (Å²) in [6.07, 6.45) is 0. The van der Waals surface area contributed by atoms with E-state index in [4.69, 9.17) is 11.6 Å². The minimum atomic E-state index is -2.95. The molecule has 0 saturated heterocycles. The second-order valence-corrected chi connectivity index (χ2v) is 6.18. The maximum Gasteiger partial charge on any atom is 0.387 e. The van der Waals surface area contributed by atoms with Gasteiger partial charge in [-0.3, -0.25) is 4.79 Å². The largest absolute Gasteiger partial charge is 0.434 e. The summed E-state index contributed by atoms with van der Waals surface area (Å²) in [5, 5.41) is 6.27. The van der Waals surface area contributed by atoms with Crippen LogP contribution < -0.4 is 15.4 Å². The standard InChI is InChI=1S/C17H23ClF2N4O2.HI/c1-11(2)8-21-17(23-10-15(25)24(3)4)22-9-12-7-13(18)5-6-14(12)26-16(19)20;/h5-7,16H,1,8-10H2,2-4H3,(H2,21,22,23);1H. The molecule has 1 aromatic carbocycles. The van der Waals surface area contributed by atoms with Gasteiger partial charge in [0.25, 0.3) is 0 Å². The van der Waals surface area contributed by atoms with Crippen LogP contribution in [0.2, 0.25) is 5.02 Å². The Labute approximate surface area is 180 Å². The third-order valence-corrected chi connectivity index (χ3v) is 3.34. The Hall–Kier alpha value is -1.62. The summed E-state index contributed by atoms with van der Waals surface area (Å²) in [6, 6.07) is 4.33. The molecule has 152 valence electrons. The summed E-state index contributed by atoms with van der Waals surface area (Å²) in [6.45, 7) is 3.18. The quantitative estimate of drug-likeness (QED) is 0.241. The smallest absolute Gasteiger partial charge is 0.387 e. The van der Waals surface area contributed by atoms with Gasteiger partial charge in [0.05, 0.1) is 13.1 Å². The van der Waals surface area contributed by atoms with E-state index in [1.165, 1.54) is 23.1 Å². The van der Waals surface area contributed by atoms with E-state index in [9.17, 15) is 13.6 Å². The number of nitrogens with one attached hydrogen (secondary N) is 2. The number of benzene rings is 1. The summed E-state index contributed by atoms with van der Waals surface area (Å²) in [5.41, 5.74) is 1.26. The number of halogens is 4. The number of guanidine groups is 1. The van der Waals surface area contributed by atoms with Gasteiger partial charge in [-0.25, -0.2) is 4.99 Å². The van der Waals surface area contributed by atoms with Crippen LogP contribution in [0.25, 0.3) is 0 Å². The van der Waals surface area contributed by atoms with Crippen LogP contribution in [0.5, 0.6) is 5.75 Å². The molecular weight excluding hydrogens is 493 g/mol. The SMILES string of the molecule is C=C(C)CNC(=NCc1cc(Cl)ccc1OC(F)F)NCC(=O)N(C)C.I. The average molecular weight is 517 g/mol. The number of alkyl halides is 2. The molecule has 0 fully saturated rings. The number of carbonyl (C=O) groups excluding carboxylic acids is 1. The van der Waals surface area contributed by atoms with Crippen LogP contribution in [0.1, 0.15) is 12.5 Å². The van der Waals surface area contributed by atoms with Gasteiger partial charge < -0.3 is 20.3 Å². The third kappa shape index (κ3) is 10.3. The first-order valence-electron chi connectivity index (χ1n) is 7.79. The summed E-state index contributed by atoms with van der Waals surface area (Å²) >= 11 is 5.92. The van der Waals surface area contributed by atoms with E-state index >= 15 is 0 Å². The highest BCUT2D eigenvalue weighted by molar-refractivity contribution is 14.0. The summed E-state index contributed by atoms with van der Waals surface area (Å²) < 4.78 is 29.5. The lowest BCUT2D eigenvalue weighted by Crippen LogP contribution is -2.43. The van der Waals surface area contributed by atoms with Gasteiger partial charge in [0.1, 0.15) is 5.75 Å². The van der Waals surface area contributed by atoms with Crippen LogP contribution in [0.3, 0.4) is 0 Å². The Morgan fingerprint density at radius 2 is 1.96 bits per heavy atom. The van der Waals surface area contributed by atoms with E-state index < -0.39 is 6.61 Å². The highest BCUT2D eigenvalue weighted by atomic mass is 127. The second kappa shape index (κ2) is 12.7. The Morgan fingerprint density at radius 1 is 1.33 bits per heavy atom. The molecular formula is C17H24ClF2IN4O2. The van der Waals surface area contributed by atoms with Gasteiger partial charge in [-0.05, 0) is 25.1 Å². The summed E-state index contributed by atoms with van der Waals surface area (Å²) in [7, 11) is 3.28. The molecule has 1 aromatic rings. The zero-order valence-electron chi connectivity index (χ0n) is 15.4. The Kier molecular flexibility index (Phi) is 11.9. The normalized spacial score (nSPS) is 10.9. The van der Waals surface area contributed by atoms with Crippen LogP contribution in [0.4, 0.5) is 8.78 Å². The predicted octanol–water partition coefficient (Wildman–Crippen LogP) is 3.26. The number of carbonyl (C=O) groups is 1. The van der Waals surface area contributed by atoms with E-state index in [0.29, 0.717) is 23.1 Å². The lowest BCUT2D eigenvalue weighted by Gasteiger charge is -2.15. The van der Waals surface area contributed by atoms with E-state index in [1.807, 2.05) is 6.92 Å². The van der Waals surface area contributed by atoms with Gasteiger partial charge in [0, 0.05) is 31.2 Å². The maximum absolute atomic E-state index is 12.5. The first-order valence-corrected chi connectivity index (χ1v) is 8.16. The number of nitrogens with zero attached hydrogens (tertiary/aromatic N) is 2. The van der Waals surface area contributed by atoms with Gasteiger partial charge in [-0.2, -0.15) is 8.78 Å². The van der Waals surface area contributed by atoms with Gasteiger partial charge in [-0.1, -0.05) is 23.8 Å². The zero-order valence-corrected chi connectivity index (χ0v) is 18.5. The van der Waals surface area contributed by atoms with Crippen molar-refractivity contribution in [2.75, 3.05) is 27.2 Å². The fourth-order valence-electron chi connectivity index (χ4n) is 1.77. The molecule has 0 bridgehead atoms. The molecule has 0 aliphatic carbocycles. The summed E-state index contributed by atoms with van der Waals surface area (Å²) in [4.78, 5) is 17.5. The molecule has 2 N–H and O–H groups in total. The van der Waals surface area contributed by atoms with E-state index in [1.54, 1.807) is 14.1 Å². The minimum Gasteiger partial charge on any atom is -0.434 e. The van der Waals surface area contributed by atoms with Crippen molar-refractivity contribution in [2.24, 2.45) is 4.99 Å². The number of ether oxygens (including phenoxy) is 1. The maximum atomic E-state index is 12.5. The molecule has 0 aliphatic heterocycles. The molecule has 1 amide bonds. The number of rotatable bonds is 8. The topological polar surface area (TPSA) is 66.0 Å². The minimum absolute atomic E-state index is 0. The van der Waals surface area contributed by atoms with E-state index in [2.05, 4.69) is 26.9 Å². The van der Waals surface area contributed by atoms with Crippen molar-refractivity contribution in [1.82, 2.24) is 15.5 Å². The van der Waals surface area contributed by atoms with Crippen molar-refractivity contribution in [2.45, 2.75) is 20.1 Å². The van der Waals surface area contributed by atoms with Crippen LogP contribution in [0.15, 0.2) is 35.3 Å². The van der Waals surface area contributed by atoms with Gasteiger partial charge in [-0.15, -0.1) is 24.0 Å². The van der Waals surface area contributed by atoms with Crippen LogP contribution in [-0.4, -0.2) is 50.6 Å². The summed E-state index contributed by atoms with van der Waals surface area (Å²) in [5.74, 6) is 0.197. The van der Waals surface area contributed by atoms with Gasteiger partial charge in [0.2, 0.25) is 5.91 Å². The van der Waals surface area contributed by atoms with Crippen molar-refractivity contribution in [3.05, 3.63) is 40.9 Å². The molecule has 0 atom stereocenters. The molecule has 0 unspecified atom stereocenters.